The van der Waals surface area contributed by atoms with Crippen LogP contribution >= 0.6 is 0 Å². The van der Waals surface area contributed by atoms with Crippen LogP contribution in [0.3, 0.4) is 0 Å². The van der Waals surface area contributed by atoms with E-state index in [1.165, 1.54) is 21.1 Å². The maximum absolute atomic E-state index is 13.3. The summed E-state index contributed by atoms with van der Waals surface area (Å²) in [4.78, 5) is 54.6. The topological polar surface area (TPSA) is 99.3 Å². The van der Waals surface area contributed by atoms with Crippen LogP contribution in [-0.4, -0.2) is 97.9 Å². The fourth-order valence-electron chi connectivity index (χ4n) is 3.93. The monoisotopic (exact) mass is 454 g/mol. The number of hydrogen-bond acceptors (Lipinski definition) is 6. The number of amides is 3. The number of carbonyl (C=O) groups is 4. The minimum Gasteiger partial charge on any atom is -0.459 e. The highest BCUT2D eigenvalue weighted by atomic mass is 16.6. The van der Waals surface area contributed by atoms with E-state index in [2.05, 4.69) is 5.32 Å². The molecule has 3 amide bonds. The van der Waals surface area contributed by atoms with Gasteiger partial charge in [-0.3, -0.25) is 19.2 Å². The molecule has 0 radical (unpaired) electrons. The third kappa shape index (κ3) is 9.54. The number of rotatable bonds is 10. The molecule has 184 valence electrons. The molecule has 1 aliphatic rings. The van der Waals surface area contributed by atoms with Crippen molar-refractivity contribution in [1.82, 2.24) is 20.0 Å². The Morgan fingerprint density at radius 1 is 0.938 bits per heavy atom. The van der Waals surface area contributed by atoms with Gasteiger partial charge in [0.2, 0.25) is 17.7 Å². The van der Waals surface area contributed by atoms with Gasteiger partial charge in [0, 0.05) is 21.1 Å². The molecule has 1 atom stereocenters. The lowest BCUT2D eigenvalue weighted by atomic mass is 9.84. The van der Waals surface area contributed by atoms with E-state index in [1.54, 1.807) is 49.0 Å². The SMILES string of the molecule is CNCC(=O)N(C)CC(=O)N(C)[C@@H](CC1CCCCC1)C(=O)N(C)CC(=O)OC(C)(C)C. The van der Waals surface area contributed by atoms with Crippen LogP contribution < -0.4 is 5.32 Å². The van der Waals surface area contributed by atoms with Crippen molar-refractivity contribution in [2.75, 3.05) is 47.8 Å². The van der Waals surface area contributed by atoms with Gasteiger partial charge in [0.05, 0.1) is 13.1 Å². The summed E-state index contributed by atoms with van der Waals surface area (Å²) < 4.78 is 5.33. The van der Waals surface area contributed by atoms with Crippen LogP contribution in [0.4, 0.5) is 0 Å². The highest BCUT2D eigenvalue weighted by molar-refractivity contribution is 5.91. The first-order valence-corrected chi connectivity index (χ1v) is 11.5. The van der Waals surface area contributed by atoms with E-state index in [9.17, 15) is 19.2 Å². The smallest absolute Gasteiger partial charge is 0.326 e. The number of esters is 1. The summed E-state index contributed by atoms with van der Waals surface area (Å²) in [5.41, 5.74) is -0.639. The largest absolute Gasteiger partial charge is 0.459 e. The number of ether oxygens (including phenoxy) is 1. The molecule has 1 aliphatic carbocycles. The summed E-state index contributed by atoms with van der Waals surface area (Å²) in [5.74, 6) is -0.938. The highest BCUT2D eigenvalue weighted by Crippen LogP contribution is 2.29. The van der Waals surface area contributed by atoms with Gasteiger partial charge >= 0.3 is 5.97 Å². The minimum absolute atomic E-state index is 0.110. The second-order valence-corrected chi connectivity index (χ2v) is 9.82. The van der Waals surface area contributed by atoms with Gasteiger partial charge in [0.1, 0.15) is 18.2 Å². The summed E-state index contributed by atoms with van der Waals surface area (Å²) in [6.45, 7) is 5.17. The highest BCUT2D eigenvalue weighted by Gasteiger charge is 2.33. The molecule has 32 heavy (non-hydrogen) atoms. The van der Waals surface area contributed by atoms with Crippen LogP contribution in [0.15, 0.2) is 0 Å². The van der Waals surface area contributed by atoms with Crippen LogP contribution in [0.5, 0.6) is 0 Å². The van der Waals surface area contributed by atoms with Gasteiger partial charge in [-0.05, 0) is 40.2 Å². The van der Waals surface area contributed by atoms with Crippen LogP contribution in [0.1, 0.15) is 59.3 Å². The number of hydrogen-bond donors (Lipinski definition) is 1. The van der Waals surface area contributed by atoms with Crippen LogP contribution in [-0.2, 0) is 23.9 Å². The Labute approximate surface area is 192 Å². The van der Waals surface area contributed by atoms with Crippen molar-refractivity contribution in [3.63, 3.8) is 0 Å². The van der Waals surface area contributed by atoms with E-state index < -0.39 is 17.6 Å². The molecule has 0 bridgehead atoms. The van der Waals surface area contributed by atoms with E-state index in [0.717, 1.165) is 25.7 Å². The molecule has 0 spiro atoms. The molecule has 0 aromatic heterocycles. The van der Waals surface area contributed by atoms with E-state index in [-0.39, 0.29) is 37.4 Å². The van der Waals surface area contributed by atoms with Crippen LogP contribution in [0, 0.1) is 5.92 Å². The van der Waals surface area contributed by atoms with E-state index >= 15 is 0 Å². The second kappa shape index (κ2) is 12.8. The van der Waals surface area contributed by atoms with Crippen LogP contribution in [0.2, 0.25) is 0 Å². The number of likely N-dealkylation sites (N-methyl/N-ethyl adjacent to an activating group) is 4. The van der Waals surface area contributed by atoms with Crippen molar-refractivity contribution >= 4 is 23.7 Å². The van der Waals surface area contributed by atoms with Crippen molar-refractivity contribution in [2.24, 2.45) is 5.92 Å². The molecule has 0 unspecified atom stereocenters. The Kier molecular flexibility index (Phi) is 11.1. The minimum atomic E-state index is -0.689. The fraction of sp³-hybridized carbons (Fsp3) is 0.826. The zero-order chi connectivity index (χ0) is 24.5. The summed E-state index contributed by atoms with van der Waals surface area (Å²) in [6.07, 6.45) is 6.05. The Morgan fingerprint density at radius 3 is 2.06 bits per heavy atom. The quantitative estimate of drug-likeness (QED) is 0.499. The molecule has 0 aromatic rings. The molecule has 0 aromatic carbocycles. The molecule has 1 N–H and O–H groups in total. The standard InChI is InChI=1S/C23H42N4O5/c1-23(2,3)32-21(30)16-26(6)22(31)18(13-17-11-9-8-10-12-17)27(7)20(29)15-25(5)19(28)14-24-4/h17-18,24H,8-16H2,1-7H3/t18-/m0/s1. The van der Waals surface area contributed by atoms with Crippen molar-refractivity contribution < 1.29 is 23.9 Å². The molecule has 0 heterocycles. The Balaban J connectivity index is 2.92. The third-order valence-electron chi connectivity index (χ3n) is 5.72. The van der Waals surface area contributed by atoms with Crippen molar-refractivity contribution in [3.8, 4) is 0 Å². The first-order valence-electron chi connectivity index (χ1n) is 11.5. The molecule has 1 saturated carbocycles. The predicted molar refractivity (Wildman–Crippen MR) is 123 cm³/mol. The number of carbonyl (C=O) groups excluding carboxylic acids is 4. The van der Waals surface area contributed by atoms with Gasteiger partial charge in [-0.1, -0.05) is 32.1 Å². The number of nitrogens with zero attached hydrogens (tertiary/aromatic N) is 3. The lowest BCUT2D eigenvalue weighted by Crippen LogP contribution is -2.53. The molecule has 9 heteroatoms. The maximum atomic E-state index is 13.3. The Hall–Kier alpha value is -2.16. The third-order valence-corrected chi connectivity index (χ3v) is 5.72. The van der Waals surface area contributed by atoms with Gasteiger partial charge in [0.15, 0.2) is 0 Å². The maximum Gasteiger partial charge on any atom is 0.326 e. The Bertz CT molecular complexity index is 655. The Morgan fingerprint density at radius 2 is 1.53 bits per heavy atom. The summed E-state index contributed by atoms with van der Waals surface area (Å²) >= 11 is 0. The normalized spacial score (nSPS) is 15.6. The molecule has 0 aliphatic heterocycles. The summed E-state index contributed by atoms with van der Waals surface area (Å²) in [5, 5.41) is 2.77. The second-order valence-electron chi connectivity index (χ2n) is 9.82. The molecule has 1 fully saturated rings. The molecular weight excluding hydrogens is 412 g/mol. The van der Waals surface area contributed by atoms with Crippen LogP contribution in [0.25, 0.3) is 0 Å². The molecule has 0 saturated heterocycles. The molecule has 9 nitrogen and oxygen atoms in total. The van der Waals surface area contributed by atoms with E-state index in [1.807, 2.05) is 0 Å². The fourth-order valence-corrected chi connectivity index (χ4v) is 3.93. The zero-order valence-electron chi connectivity index (χ0n) is 20.9. The molecular formula is C23H42N4O5. The number of nitrogens with one attached hydrogen (secondary N) is 1. The lowest BCUT2D eigenvalue weighted by molar-refractivity contribution is -0.159. The van der Waals surface area contributed by atoms with Crippen molar-refractivity contribution in [2.45, 2.75) is 70.9 Å². The summed E-state index contributed by atoms with van der Waals surface area (Å²) in [7, 11) is 6.39. The first kappa shape index (κ1) is 27.9. The predicted octanol–water partition coefficient (Wildman–Crippen LogP) is 1.26. The van der Waals surface area contributed by atoms with Gasteiger partial charge in [-0.25, -0.2) is 0 Å². The lowest BCUT2D eigenvalue weighted by Gasteiger charge is -2.35. The van der Waals surface area contributed by atoms with Gasteiger partial charge in [-0.2, -0.15) is 0 Å². The van der Waals surface area contributed by atoms with E-state index in [4.69, 9.17) is 4.74 Å². The molecule has 1 rings (SSSR count). The van der Waals surface area contributed by atoms with Gasteiger partial charge in [-0.15, -0.1) is 0 Å². The van der Waals surface area contributed by atoms with Crippen molar-refractivity contribution in [3.05, 3.63) is 0 Å². The average molecular weight is 455 g/mol. The van der Waals surface area contributed by atoms with E-state index in [0.29, 0.717) is 12.3 Å². The summed E-state index contributed by atoms with van der Waals surface area (Å²) in [6, 6.07) is -0.689. The zero-order valence-corrected chi connectivity index (χ0v) is 20.9. The van der Waals surface area contributed by atoms with Gasteiger partial charge < -0.3 is 24.8 Å². The van der Waals surface area contributed by atoms with Crippen molar-refractivity contribution in [1.29, 1.82) is 0 Å². The average Bonchev–Trinajstić information content (AvgIpc) is 2.70. The van der Waals surface area contributed by atoms with Gasteiger partial charge in [0.25, 0.3) is 0 Å². The first-order chi connectivity index (χ1) is 14.9.